The van der Waals surface area contributed by atoms with Crippen molar-refractivity contribution >= 4 is 20.2 Å². The van der Waals surface area contributed by atoms with E-state index >= 15 is 0 Å². The average molecular weight is 266 g/mol. The Hall–Kier alpha value is -0.960. The molecule has 0 radical (unpaired) electrons. The van der Waals surface area contributed by atoms with E-state index < -0.39 is 31.7 Å². The molecule has 0 unspecified atom stereocenters. The maximum absolute atomic E-state index is 10.6. The van der Waals surface area contributed by atoms with E-state index in [0.29, 0.717) is 0 Å². The van der Waals surface area contributed by atoms with Crippen LogP contribution in [0, 0.1) is 0 Å². The Morgan fingerprint density at radius 2 is 1.25 bits per heavy atom. The summed E-state index contributed by atoms with van der Waals surface area (Å²) in [5.74, 6) is -1.18. The smallest absolute Gasteiger partial charge is 0.269 e. The van der Waals surface area contributed by atoms with Crippen LogP contribution in [0.2, 0.25) is 0 Å². The van der Waals surface area contributed by atoms with Crippen LogP contribution < -0.4 is 0 Å². The summed E-state index contributed by atoms with van der Waals surface area (Å²) in [5, 5.41) is 0. The second kappa shape index (κ2) is 4.50. The Morgan fingerprint density at radius 1 is 0.875 bits per heavy atom. The number of hydrogen-bond donors (Lipinski definition) is 2. The van der Waals surface area contributed by atoms with Crippen LogP contribution in [-0.4, -0.2) is 25.9 Å². The first-order valence-corrected chi connectivity index (χ1v) is 7.36. The second-order valence-electron chi connectivity index (χ2n) is 3.27. The van der Waals surface area contributed by atoms with Crippen LogP contribution in [0.4, 0.5) is 0 Å². The Balaban J connectivity index is 2.96. The van der Waals surface area contributed by atoms with E-state index in [-0.39, 0.29) is 11.1 Å². The molecule has 0 saturated carbocycles. The van der Waals surface area contributed by atoms with Crippen molar-refractivity contribution in [3.8, 4) is 0 Å². The van der Waals surface area contributed by atoms with Crippen LogP contribution in [0.1, 0.15) is 11.1 Å². The first kappa shape index (κ1) is 13.1. The van der Waals surface area contributed by atoms with Gasteiger partial charge >= 0.3 is 0 Å². The van der Waals surface area contributed by atoms with Gasteiger partial charge in [0.1, 0.15) is 11.5 Å². The van der Waals surface area contributed by atoms with Gasteiger partial charge in [0.05, 0.1) is 0 Å². The van der Waals surface area contributed by atoms with Gasteiger partial charge in [-0.1, -0.05) is 24.3 Å². The third-order valence-electron chi connectivity index (χ3n) is 1.69. The summed E-state index contributed by atoms with van der Waals surface area (Å²) in [7, 11) is -8.30. The molecule has 90 valence electrons. The number of rotatable bonds is 4. The van der Waals surface area contributed by atoms with Crippen molar-refractivity contribution in [3.05, 3.63) is 35.4 Å². The summed E-state index contributed by atoms with van der Waals surface area (Å²) in [5.41, 5.74) is 0.507. The molecule has 6 nitrogen and oxygen atoms in total. The van der Waals surface area contributed by atoms with Gasteiger partial charge in [0.2, 0.25) is 0 Å². The molecule has 0 spiro atoms. The van der Waals surface area contributed by atoms with Gasteiger partial charge in [0.15, 0.2) is 0 Å². The van der Waals surface area contributed by atoms with Gasteiger partial charge in [-0.2, -0.15) is 16.8 Å². The van der Waals surface area contributed by atoms with E-state index in [0.717, 1.165) is 0 Å². The quantitative estimate of drug-likeness (QED) is 0.766. The minimum atomic E-state index is -4.15. The molecule has 0 aliphatic carbocycles. The van der Waals surface area contributed by atoms with Crippen molar-refractivity contribution < 1.29 is 25.9 Å². The Bertz CT molecular complexity index is 523. The van der Waals surface area contributed by atoms with Gasteiger partial charge in [-0.05, 0) is 11.1 Å². The van der Waals surface area contributed by atoms with E-state index in [1.54, 1.807) is 0 Å². The lowest BCUT2D eigenvalue weighted by Gasteiger charge is -2.02. The molecule has 0 bridgehead atoms. The monoisotopic (exact) mass is 266 g/mol. The minimum Gasteiger partial charge on any atom is -0.285 e. The molecule has 1 aromatic carbocycles. The van der Waals surface area contributed by atoms with E-state index in [9.17, 15) is 16.8 Å². The Labute approximate surface area is 93.4 Å². The molecule has 8 heteroatoms. The van der Waals surface area contributed by atoms with Crippen LogP contribution in [0.25, 0.3) is 0 Å². The van der Waals surface area contributed by atoms with Gasteiger partial charge in [0.25, 0.3) is 20.2 Å². The summed E-state index contributed by atoms with van der Waals surface area (Å²) in [6.07, 6.45) is 0. The second-order valence-corrected chi connectivity index (χ2v) is 6.18. The molecular weight excluding hydrogens is 256 g/mol. The van der Waals surface area contributed by atoms with Crippen molar-refractivity contribution in [2.24, 2.45) is 0 Å². The molecule has 0 heterocycles. The summed E-state index contributed by atoms with van der Waals surface area (Å²) < 4.78 is 59.5. The zero-order valence-electron chi connectivity index (χ0n) is 8.07. The molecule has 0 fully saturated rings. The SMILES string of the molecule is O=S(=O)(O)Cc1cccc(CS(=O)(=O)O)c1. The molecule has 16 heavy (non-hydrogen) atoms. The maximum Gasteiger partial charge on any atom is 0.269 e. The van der Waals surface area contributed by atoms with Gasteiger partial charge in [-0.3, -0.25) is 9.11 Å². The van der Waals surface area contributed by atoms with E-state index in [1.165, 1.54) is 24.3 Å². The highest BCUT2D eigenvalue weighted by Gasteiger charge is 2.10. The highest BCUT2D eigenvalue weighted by atomic mass is 32.2. The molecule has 0 aliphatic heterocycles. The van der Waals surface area contributed by atoms with E-state index in [1.807, 2.05) is 0 Å². The largest absolute Gasteiger partial charge is 0.285 e. The van der Waals surface area contributed by atoms with Crippen LogP contribution in [0.15, 0.2) is 24.3 Å². The molecule has 1 aromatic rings. The van der Waals surface area contributed by atoms with Crippen molar-refractivity contribution in [1.29, 1.82) is 0 Å². The van der Waals surface area contributed by atoms with Gasteiger partial charge in [0, 0.05) is 0 Å². The molecule has 1 rings (SSSR count). The normalized spacial score (nSPS) is 12.6. The maximum atomic E-state index is 10.6. The standard InChI is InChI=1S/C8H10O6S2/c9-15(10,11)5-7-2-1-3-8(4-7)6-16(12,13)14/h1-4H,5-6H2,(H,9,10,11)(H,12,13,14). The third kappa shape index (κ3) is 5.21. The molecule has 0 aromatic heterocycles. The third-order valence-corrected chi connectivity index (χ3v) is 3.09. The predicted molar refractivity (Wildman–Crippen MR) is 56.9 cm³/mol. The van der Waals surface area contributed by atoms with Crippen LogP contribution in [-0.2, 0) is 31.7 Å². The van der Waals surface area contributed by atoms with E-state index in [4.69, 9.17) is 9.11 Å². The predicted octanol–water partition coefficient (Wildman–Crippen LogP) is 0.462. The molecular formula is C8H10O6S2. The summed E-state index contributed by atoms with van der Waals surface area (Å²) in [4.78, 5) is 0. The molecule has 0 aliphatic rings. The fourth-order valence-corrected chi connectivity index (χ4v) is 2.43. The zero-order valence-corrected chi connectivity index (χ0v) is 9.70. The van der Waals surface area contributed by atoms with Crippen molar-refractivity contribution in [1.82, 2.24) is 0 Å². The van der Waals surface area contributed by atoms with Crippen LogP contribution >= 0.6 is 0 Å². The Kier molecular flexibility index (Phi) is 3.68. The highest BCUT2D eigenvalue weighted by Crippen LogP contribution is 2.10. The Morgan fingerprint density at radius 3 is 1.56 bits per heavy atom. The zero-order chi connectivity index (χ0) is 12.4. The molecule has 0 atom stereocenters. The van der Waals surface area contributed by atoms with Crippen LogP contribution in [0.3, 0.4) is 0 Å². The average Bonchev–Trinajstić information content (AvgIpc) is 1.96. The summed E-state index contributed by atoms with van der Waals surface area (Å²) in [6.45, 7) is 0. The topological polar surface area (TPSA) is 109 Å². The van der Waals surface area contributed by atoms with E-state index in [2.05, 4.69) is 0 Å². The minimum absolute atomic E-state index is 0.253. The highest BCUT2D eigenvalue weighted by molar-refractivity contribution is 7.85. The van der Waals surface area contributed by atoms with Gasteiger partial charge in [-0.25, -0.2) is 0 Å². The van der Waals surface area contributed by atoms with Gasteiger partial charge in [-0.15, -0.1) is 0 Å². The number of hydrogen-bond acceptors (Lipinski definition) is 4. The summed E-state index contributed by atoms with van der Waals surface area (Å²) >= 11 is 0. The van der Waals surface area contributed by atoms with Gasteiger partial charge < -0.3 is 0 Å². The fraction of sp³-hybridized carbons (Fsp3) is 0.250. The van der Waals surface area contributed by atoms with Crippen molar-refractivity contribution in [3.63, 3.8) is 0 Å². The summed E-state index contributed by atoms with van der Waals surface area (Å²) in [6, 6.07) is 5.60. The first-order chi connectivity index (χ1) is 7.16. The van der Waals surface area contributed by atoms with Crippen molar-refractivity contribution in [2.75, 3.05) is 0 Å². The van der Waals surface area contributed by atoms with Crippen LogP contribution in [0.5, 0.6) is 0 Å². The molecule has 0 amide bonds. The lowest BCUT2D eigenvalue weighted by atomic mass is 10.2. The molecule has 2 N–H and O–H groups in total. The number of benzene rings is 1. The lowest BCUT2D eigenvalue weighted by Crippen LogP contribution is -2.04. The fourth-order valence-electron chi connectivity index (χ4n) is 1.23. The lowest BCUT2D eigenvalue weighted by molar-refractivity contribution is 0.480. The molecule has 0 saturated heterocycles. The van der Waals surface area contributed by atoms with Crippen molar-refractivity contribution in [2.45, 2.75) is 11.5 Å². The first-order valence-electron chi connectivity index (χ1n) is 4.14.